The second-order valence-corrected chi connectivity index (χ2v) is 5.79. The molecule has 0 bridgehead atoms. The average molecular weight is 224 g/mol. The highest BCUT2D eigenvalue weighted by atomic mass is 32.1. The maximum atomic E-state index is 4.79. The minimum atomic E-state index is 0.0154. The van der Waals surface area contributed by atoms with Crippen LogP contribution in [0.25, 0.3) is 0 Å². The van der Waals surface area contributed by atoms with Crippen LogP contribution in [-0.4, -0.2) is 12.0 Å². The van der Waals surface area contributed by atoms with E-state index in [1.807, 2.05) is 7.05 Å². The fourth-order valence-electron chi connectivity index (χ4n) is 2.09. The van der Waals surface area contributed by atoms with Crippen LogP contribution >= 0.6 is 11.3 Å². The molecule has 2 rings (SSSR count). The molecule has 0 atom stereocenters. The normalized spacial score (nSPS) is 18.6. The summed E-state index contributed by atoms with van der Waals surface area (Å²) in [6.45, 7) is 4.37. The first-order valence-electron chi connectivity index (χ1n) is 5.78. The minimum Gasteiger partial charge on any atom is -0.309 e. The quantitative estimate of drug-likeness (QED) is 0.852. The van der Waals surface area contributed by atoms with E-state index in [9.17, 15) is 0 Å². The predicted molar refractivity (Wildman–Crippen MR) is 65.4 cm³/mol. The number of aromatic nitrogens is 1. The minimum absolute atomic E-state index is 0.0154. The smallest absolute Gasteiger partial charge is 0.112 e. The summed E-state index contributed by atoms with van der Waals surface area (Å²) < 4.78 is 0. The Morgan fingerprint density at radius 1 is 1.40 bits per heavy atom. The molecule has 0 aliphatic heterocycles. The lowest BCUT2D eigenvalue weighted by molar-refractivity contribution is 0.440. The fraction of sp³-hybridized carbons (Fsp3) is 0.750. The van der Waals surface area contributed by atoms with E-state index in [1.165, 1.54) is 36.4 Å². The van der Waals surface area contributed by atoms with Gasteiger partial charge in [0.1, 0.15) is 5.01 Å². The molecule has 1 heterocycles. The molecule has 0 unspecified atom stereocenters. The van der Waals surface area contributed by atoms with Gasteiger partial charge in [0, 0.05) is 11.3 Å². The fourth-order valence-corrected chi connectivity index (χ4v) is 3.12. The first-order chi connectivity index (χ1) is 7.13. The molecule has 0 amide bonds. The molecule has 0 saturated heterocycles. The van der Waals surface area contributed by atoms with Crippen LogP contribution in [0.5, 0.6) is 0 Å². The Balaban J connectivity index is 2.16. The van der Waals surface area contributed by atoms with Gasteiger partial charge in [0.2, 0.25) is 0 Å². The zero-order chi connectivity index (χ0) is 10.9. The standard InChI is InChI=1S/C12H20N2S/c1-12(2,13-3)11-14-10(8-15-11)9-6-4-5-7-9/h8-9,13H,4-7H2,1-3H3. The van der Waals surface area contributed by atoms with E-state index in [0.29, 0.717) is 0 Å². The summed E-state index contributed by atoms with van der Waals surface area (Å²) in [5.74, 6) is 0.739. The average Bonchev–Trinajstić information content (AvgIpc) is 2.88. The van der Waals surface area contributed by atoms with Crippen molar-refractivity contribution in [2.45, 2.75) is 51.0 Å². The van der Waals surface area contributed by atoms with Gasteiger partial charge in [-0.05, 0) is 33.7 Å². The van der Waals surface area contributed by atoms with Gasteiger partial charge in [-0.2, -0.15) is 0 Å². The summed E-state index contributed by atoms with van der Waals surface area (Å²) >= 11 is 1.79. The van der Waals surface area contributed by atoms with Crippen LogP contribution in [0.4, 0.5) is 0 Å². The van der Waals surface area contributed by atoms with E-state index in [0.717, 1.165) is 5.92 Å². The highest BCUT2D eigenvalue weighted by Gasteiger charge is 2.25. The van der Waals surface area contributed by atoms with Crippen molar-refractivity contribution in [2.24, 2.45) is 0 Å². The highest BCUT2D eigenvalue weighted by molar-refractivity contribution is 7.09. The predicted octanol–water partition coefficient (Wildman–Crippen LogP) is 3.26. The zero-order valence-corrected chi connectivity index (χ0v) is 10.7. The molecule has 3 heteroatoms. The van der Waals surface area contributed by atoms with Gasteiger partial charge in [0.05, 0.1) is 11.2 Å². The Morgan fingerprint density at radius 3 is 2.67 bits per heavy atom. The first-order valence-corrected chi connectivity index (χ1v) is 6.66. The van der Waals surface area contributed by atoms with E-state index in [4.69, 9.17) is 4.98 Å². The van der Waals surface area contributed by atoms with Gasteiger partial charge in [-0.3, -0.25) is 0 Å². The van der Waals surface area contributed by atoms with E-state index in [1.54, 1.807) is 11.3 Å². The van der Waals surface area contributed by atoms with Crippen molar-refractivity contribution >= 4 is 11.3 Å². The molecule has 0 aromatic carbocycles. The van der Waals surface area contributed by atoms with E-state index < -0.39 is 0 Å². The number of thiazole rings is 1. The van der Waals surface area contributed by atoms with Crippen molar-refractivity contribution in [3.63, 3.8) is 0 Å². The molecule has 1 N–H and O–H groups in total. The van der Waals surface area contributed by atoms with Crippen molar-refractivity contribution in [2.75, 3.05) is 7.05 Å². The first kappa shape index (κ1) is 11.1. The number of nitrogens with zero attached hydrogens (tertiary/aromatic N) is 1. The van der Waals surface area contributed by atoms with Crippen molar-refractivity contribution in [3.05, 3.63) is 16.1 Å². The maximum Gasteiger partial charge on any atom is 0.112 e. The van der Waals surface area contributed by atoms with Crippen molar-refractivity contribution < 1.29 is 0 Å². The molecule has 1 aromatic rings. The van der Waals surface area contributed by atoms with Gasteiger partial charge in [-0.25, -0.2) is 4.98 Å². The molecule has 1 aliphatic carbocycles. The Labute approximate surface area is 96.1 Å². The summed E-state index contributed by atoms with van der Waals surface area (Å²) in [5, 5.41) is 6.78. The monoisotopic (exact) mass is 224 g/mol. The van der Waals surface area contributed by atoms with E-state index in [2.05, 4.69) is 24.5 Å². The lowest BCUT2D eigenvalue weighted by Crippen LogP contribution is -2.33. The molecule has 2 nitrogen and oxygen atoms in total. The zero-order valence-electron chi connectivity index (χ0n) is 9.84. The van der Waals surface area contributed by atoms with Gasteiger partial charge < -0.3 is 5.32 Å². The second kappa shape index (κ2) is 4.22. The Kier molecular flexibility index (Phi) is 3.12. The van der Waals surface area contributed by atoms with Crippen LogP contribution in [0.1, 0.15) is 56.2 Å². The third-order valence-corrected chi connectivity index (χ3v) is 4.64. The van der Waals surface area contributed by atoms with Crippen LogP contribution in [-0.2, 0) is 5.54 Å². The van der Waals surface area contributed by atoms with Crippen LogP contribution in [0.3, 0.4) is 0 Å². The Morgan fingerprint density at radius 2 is 2.07 bits per heavy atom. The molecule has 15 heavy (non-hydrogen) atoms. The number of hydrogen-bond donors (Lipinski definition) is 1. The lowest BCUT2D eigenvalue weighted by Gasteiger charge is -2.20. The van der Waals surface area contributed by atoms with Crippen LogP contribution in [0.2, 0.25) is 0 Å². The SMILES string of the molecule is CNC(C)(C)c1nc(C2CCCC2)cs1. The Hall–Kier alpha value is -0.410. The van der Waals surface area contributed by atoms with Crippen molar-refractivity contribution in [1.82, 2.24) is 10.3 Å². The molecule has 1 aliphatic rings. The number of rotatable bonds is 3. The molecule has 1 fully saturated rings. The molecule has 0 radical (unpaired) electrons. The van der Waals surface area contributed by atoms with Crippen LogP contribution in [0, 0.1) is 0 Å². The number of hydrogen-bond acceptors (Lipinski definition) is 3. The molecular weight excluding hydrogens is 204 g/mol. The topological polar surface area (TPSA) is 24.9 Å². The summed E-state index contributed by atoms with van der Waals surface area (Å²) in [4.78, 5) is 4.79. The summed E-state index contributed by atoms with van der Waals surface area (Å²) in [7, 11) is 2.00. The van der Waals surface area contributed by atoms with E-state index >= 15 is 0 Å². The molecule has 0 spiro atoms. The molecule has 1 aromatic heterocycles. The van der Waals surface area contributed by atoms with Crippen molar-refractivity contribution in [3.8, 4) is 0 Å². The molecular formula is C12H20N2S. The third kappa shape index (κ3) is 2.23. The van der Waals surface area contributed by atoms with Crippen LogP contribution < -0.4 is 5.32 Å². The lowest BCUT2D eigenvalue weighted by atomic mass is 10.0. The maximum absolute atomic E-state index is 4.79. The summed E-state index contributed by atoms with van der Waals surface area (Å²) in [5.41, 5.74) is 1.34. The van der Waals surface area contributed by atoms with Crippen molar-refractivity contribution in [1.29, 1.82) is 0 Å². The summed E-state index contributed by atoms with van der Waals surface area (Å²) in [6.07, 6.45) is 5.44. The van der Waals surface area contributed by atoms with Gasteiger partial charge in [0.25, 0.3) is 0 Å². The van der Waals surface area contributed by atoms with Gasteiger partial charge >= 0.3 is 0 Å². The van der Waals surface area contributed by atoms with Crippen LogP contribution in [0.15, 0.2) is 5.38 Å². The molecule has 1 saturated carbocycles. The number of nitrogens with one attached hydrogen (secondary N) is 1. The van der Waals surface area contributed by atoms with Gasteiger partial charge in [-0.15, -0.1) is 11.3 Å². The Bertz CT molecular complexity index is 324. The highest BCUT2D eigenvalue weighted by Crippen LogP contribution is 2.35. The van der Waals surface area contributed by atoms with Gasteiger partial charge in [-0.1, -0.05) is 12.8 Å². The largest absolute Gasteiger partial charge is 0.309 e. The second-order valence-electron chi connectivity index (χ2n) is 4.93. The molecule has 84 valence electrons. The van der Waals surface area contributed by atoms with Gasteiger partial charge in [0.15, 0.2) is 0 Å². The third-order valence-electron chi connectivity index (χ3n) is 3.46. The summed E-state index contributed by atoms with van der Waals surface area (Å²) in [6, 6.07) is 0. The van der Waals surface area contributed by atoms with E-state index in [-0.39, 0.29) is 5.54 Å².